The van der Waals surface area contributed by atoms with Gasteiger partial charge in [-0.2, -0.15) is 0 Å². The van der Waals surface area contributed by atoms with Crippen LogP contribution in [0.5, 0.6) is 0 Å². The lowest BCUT2D eigenvalue weighted by molar-refractivity contribution is -0.141. The average molecular weight is 287 g/mol. The molecule has 19 heavy (non-hydrogen) atoms. The molecule has 0 saturated carbocycles. The molecule has 1 aromatic rings. The van der Waals surface area contributed by atoms with Crippen molar-refractivity contribution in [2.45, 2.75) is 6.42 Å². The highest BCUT2D eigenvalue weighted by atomic mass is 32.1. The molecule has 0 saturated heterocycles. The highest BCUT2D eigenvalue weighted by Gasteiger charge is 2.15. The van der Waals surface area contributed by atoms with Crippen molar-refractivity contribution < 1.29 is 24.6 Å². The number of nitrogens with one attached hydrogen (secondary N) is 1. The zero-order valence-electron chi connectivity index (χ0n) is 9.90. The van der Waals surface area contributed by atoms with Gasteiger partial charge in [0.05, 0.1) is 19.5 Å². The molecule has 0 aliphatic rings. The third kappa shape index (κ3) is 6.48. The Bertz CT molecular complexity index is 448. The van der Waals surface area contributed by atoms with Gasteiger partial charge < -0.3 is 15.5 Å². The van der Waals surface area contributed by atoms with Crippen LogP contribution in [0.1, 0.15) is 6.42 Å². The average Bonchev–Trinajstić information content (AvgIpc) is 2.77. The fourth-order valence-corrected chi connectivity index (χ4v) is 1.85. The zero-order valence-corrected chi connectivity index (χ0v) is 10.7. The van der Waals surface area contributed by atoms with Gasteiger partial charge in [-0.05, 0) is 0 Å². The molecular formula is C10H13N3O5S. The topological polar surface area (TPSA) is 120 Å². The minimum Gasteiger partial charge on any atom is -0.481 e. The van der Waals surface area contributed by atoms with Gasteiger partial charge in [-0.25, -0.2) is 4.98 Å². The molecule has 0 aliphatic carbocycles. The molecule has 0 aliphatic heterocycles. The van der Waals surface area contributed by atoms with Crippen molar-refractivity contribution in [3.63, 3.8) is 0 Å². The fourth-order valence-electron chi connectivity index (χ4n) is 1.31. The number of thiazole rings is 1. The van der Waals surface area contributed by atoms with Crippen molar-refractivity contribution in [2.75, 3.05) is 25.0 Å². The quantitative estimate of drug-likeness (QED) is 0.612. The van der Waals surface area contributed by atoms with E-state index in [1.54, 1.807) is 5.38 Å². The minimum absolute atomic E-state index is 0.00702. The van der Waals surface area contributed by atoms with E-state index < -0.39 is 24.4 Å². The first-order valence-electron chi connectivity index (χ1n) is 5.32. The summed E-state index contributed by atoms with van der Waals surface area (Å²) in [5.74, 6) is -2.59. The van der Waals surface area contributed by atoms with E-state index in [-0.39, 0.29) is 19.5 Å². The number of hydrogen-bond acceptors (Lipinski definition) is 6. The maximum absolute atomic E-state index is 11.6. The number of rotatable bonds is 8. The number of carbonyl (C=O) groups excluding carboxylic acids is 1. The summed E-state index contributed by atoms with van der Waals surface area (Å²) in [6, 6.07) is 0. The van der Waals surface area contributed by atoms with Crippen LogP contribution in [0.25, 0.3) is 0 Å². The van der Waals surface area contributed by atoms with Gasteiger partial charge in [-0.1, -0.05) is 0 Å². The molecule has 9 heteroatoms. The van der Waals surface area contributed by atoms with Gasteiger partial charge in [0.2, 0.25) is 5.91 Å². The van der Waals surface area contributed by atoms with Crippen LogP contribution >= 0.6 is 11.3 Å². The molecular weight excluding hydrogens is 274 g/mol. The Kier molecular flexibility index (Phi) is 5.90. The number of carbonyl (C=O) groups is 3. The molecule has 0 atom stereocenters. The maximum Gasteiger partial charge on any atom is 0.317 e. The SMILES string of the molecule is O=C(O)CCN(CC(=O)O)CC(=O)Nc1nccs1. The van der Waals surface area contributed by atoms with Gasteiger partial charge in [-0.15, -0.1) is 11.3 Å². The lowest BCUT2D eigenvalue weighted by Crippen LogP contribution is -2.38. The second-order valence-electron chi connectivity index (χ2n) is 3.63. The van der Waals surface area contributed by atoms with Gasteiger partial charge in [-0.3, -0.25) is 19.3 Å². The molecule has 1 rings (SSSR count). The summed E-state index contributed by atoms with van der Waals surface area (Å²) >= 11 is 1.24. The van der Waals surface area contributed by atoms with Crippen molar-refractivity contribution in [2.24, 2.45) is 0 Å². The summed E-state index contributed by atoms with van der Waals surface area (Å²) < 4.78 is 0. The van der Waals surface area contributed by atoms with Gasteiger partial charge in [0.1, 0.15) is 0 Å². The smallest absolute Gasteiger partial charge is 0.317 e. The monoisotopic (exact) mass is 287 g/mol. The highest BCUT2D eigenvalue weighted by Crippen LogP contribution is 2.09. The van der Waals surface area contributed by atoms with Crippen LogP contribution in [-0.2, 0) is 14.4 Å². The molecule has 1 amide bonds. The lowest BCUT2D eigenvalue weighted by Gasteiger charge is -2.18. The molecule has 0 unspecified atom stereocenters. The van der Waals surface area contributed by atoms with E-state index in [2.05, 4.69) is 10.3 Å². The van der Waals surface area contributed by atoms with Gasteiger partial charge in [0, 0.05) is 18.1 Å². The van der Waals surface area contributed by atoms with Crippen molar-refractivity contribution >= 4 is 34.3 Å². The van der Waals surface area contributed by atoms with E-state index in [1.807, 2.05) is 0 Å². The van der Waals surface area contributed by atoms with Crippen molar-refractivity contribution in [1.82, 2.24) is 9.88 Å². The van der Waals surface area contributed by atoms with Crippen LogP contribution in [0.4, 0.5) is 5.13 Å². The third-order valence-corrected chi connectivity index (χ3v) is 2.74. The summed E-state index contributed by atoms with van der Waals surface area (Å²) in [7, 11) is 0. The van der Waals surface area contributed by atoms with Crippen LogP contribution in [0, 0.1) is 0 Å². The Morgan fingerprint density at radius 2 is 2.00 bits per heavy atom. The Morgan fingerprint density at radius 3 is 2.53 bits per heavy atom. The van der Waals surface area contributed by atoms with E-state index in [0.29, 0.717) is 5.13 Å². The normalized spacial score (nSPS) is 10.4. The number of aromatic nitrogens is 1. The summed E-state index contributed by atoms with van der Waals surface area (Å²) in [6.07, 6.45) is 1.30. The standard InChI is InChI=1S/C10H13N3O5S/c14-7(12-10-11-2-4-19-10)5-13(6-9(17)18)3-1-8(15)16/h2,4H,1,3,5-6H2,(H,15,16)(H,17,18)(H,11,12,14). The molecule has 0 radical (unpaired) electrons. The molecule has 8 nitrogen and oxygen atoms in total. The van der Waals surface area contributed by atoms with E-state index in [4.69, 9.17) is 10.2 Å². The lowest BCUT2D eigenvalue weighted by atomic mass is 10.3. The largest absolute Gasteiger partial charge is 0.481 e. The Hall–Kier alpha value is -2.00. The first-order valence-corrected chi connectivity index (χ1v) is 6.20. The zero-order chi connectivity index (χ0) is 14.3. The summed E-state index contributed by atoms with van der Waals surface area (Å²) in [5.41, 5.74) is 0. The third-order valence-electron chi connectivity index (χ3n) is 2.05. The second kappa shape index (κ2) is 7.44. The molecule has 0 aromatic carbocycles. The number of anilines is 1. The number of nitrogens with zero attached hydrogens (tertiary/aromatic N) is 2. The van der Waals surface area contributed by atoms with Gasteiger partial charge in [0.15, 0.2) is 5.13 Å². The van der Waals surface area contributed by atoms with Crippen molar-refractivity contribution in [3.05, 3.63) is 11.6 Å². The highest BCUT2D eigenvalue weighted by molar-refractivity contribution is 7.13. The molecule has 104 valence electrons. The molecule has 0 fully saturated rings. The van der Waals surface area contributed by atoms with E-state index in [0.717, 1.165) is 0 Å². The summed E-state index contributed by atoms with van der Waals surface area (Å²) in [4.78, 5) is 37.8. The molecule has 0 spiro atoms. The van der Waals surface area contributed by atoms with E-state index in [1.165, 1.54) is 22.4 Å². The van der Waals surface area contributed by atoms with E-state index in [9.17, 15) is 14.4 Å². The van der Waals surface area contributed by atoms with Gasteiger partial charge >= 0.3 is 11.9 Å². The predicted molar refractivity (Wildman–Crippen MR) is 67.1 cm³/mol. The van der Waals surface area contributed by atoms with Gasteiger partial charge in [0.25, 0.3) is 0 Å². The maximum atomic E-state index is 11.6. The molecule has 3 N–H and O–H groups in total. The molecule has 0 bridgehead atoms. The molecule has 1 aromatic heterocycles. The van der Waals surface area contributed by atoms with Crippen LogP contribution in [-0.4, -0.2) is 57.6 Å². The molecule has 1 heterocycles. The fraction of sp³-hybridized carbons (Fsp3) is 0.400. The Balaban J connectivity index is 2.47. The van der Waals surface area contributed by atoms with Crippen LogP contribution in [0.3, 0.4) is 0 Å². The first-order chi connectivity index (χ1) is 8.97. The summed E-state index contributed by atoms with van der Waals surface area (Å²) in [5, 5.41) is 21.8. The number of carboxylic acid groups (broad SMARTS) is 2. The van der Waals surface area contributed by atoms with Crippen molar-refractivity contribution in [3.8, 4) is 0 Å². The van der Waals surface area contributed by atoms with Crippen LogP contribution < -0.4 is 5.32 Å². The second-order valence-corrected chi connectivity index (χ2v) is 4.53. The van der Waals surface area contributed by atoms with Crippen LogP contribution in [0.15, 0.2) is 11.6 Å². The van der Waals surface area contributed by atoms with Crippen molar-refractivity contribution in [1.29, 1.82) is 0 Å². The number of aliphatic carboxylic acids is 2. The number of carboxylic acids is 2. The van der Waals surface area contributed by atoms with E-state index >= 15 is 0 Å². The first kappa shape index (κ1) is 15.1. The Morgan fingerprint density at radius 1 is 1.26 bits per heavy atom. The number of hydrogen-bond donors (Lipinski definition) is 3. The Labute approximate surface area is 112 Å². The summed E-state index contributed by atoms with van der Waals surface area (Å²) in [6.45, 7) is -0.593. The van der Waals surface area contributed by atoms with Crippen LogP contribution in [0.2, 0.25) is 0 Å². The predicted octanol–water partition coefficient (Wildman–Crippen LogP) is -0.0571. The minimum atomic E-state index is -1.12. The number of amides is 1.